The molecule has 2 aromatic carbocycles. The lowest BCUT2D eigenvalue weighted by molar-refractivity contribution is -0.136. The summed E-state index contributed by atoms with van der Waals surface area (Å²) in [5, 5.41) is 7.83. The number of hydrogen-bond donors (Lipinski definition) is 3. The van der Waals surface area contributed by atoms with Gasteiger partial charge in [-0.25, -0.2) is 0 Å². The zero-order valence-corrected chi connectivity index (χ0v) is 18.3. The molecule has 0 bridgehead atoms. The number of carbonyl (C=O) groups excluding carboxylic acids is 3. The number of anilines is 2. The topological polar surface area (TPSA) is 99.8 Å². The number of nitrogens with zero attached hydrogens (tertiary/aromatic N) is 1. The third-order valence-corrected chi connectivity index (χ3v) is 5.16. The number of amides is 3. The van der Waals surface area contributed by atoms with E-state index in [1.807, 2.05) is 18.2 Å². The van der Waals surface area contributed by atoms with Gasteiger partial charge in [0.25, 0.3) is 0 Å². The summed E-state index contributed by atoms with van der Waals surface area (Å²) in [4.78, 5) is 37.7. The Morgan fingerprint density at radius 2 is 1.72 bits per heavy atom. The first-order valence-corrected chi connectivity index (χ1v) is 10.9. The Morgan fingerprint density at radius 3 is 2.47 bits per heavy atom. The van der Waals surface area contributed by atoms with Gasteiger partial charge in [-0.15, -0.1) is 0 Å². The summed E-state index contributed by atoms with van der Waals surface area (Å²) in [6, 6.07) is 16.9. The van der Waals surface area contributed by atoms with Gasteiger partial charge in [0.05, 0.1) is 12.7 Å². The van der Waals surface area contributed by atoms with Gasteiger partial charge < -0.3 is 20.7 Å². The van der Waals surface area contributed by atoms with Gasteiger partial charge in [0.2, 0.25) is 5.91 Å². The van der Waals surface area contributed by atoms with Gasteiger partial charge >= 0.3 is 11.8 Å². The number of rotatable bonds is 8. The van der Waals surface area contributed by atoms with Gasteiger partial charge in [-0.1, -0.05) is 36.4 Å². The van der Waals surface area contributed by atoms with Crippen LogP contribution in [0.3, 0.4) is 0 Å². The maximum absolute atomic E-state index is 12.1. The van der Waals surface area contributed by atoms with E-state index in [4.69, 9.17) is 4.74 Å². The van der Waals surface area contributed by atoms with Crippen LogP contribution in [0.2, 0.25) is 0 Å². The van der Waals surface area contributed by atoms with E-state index < -0.39 is 11.8 Å². The molecule has 1 atom stereocenters. The fourth-order valence-electron chi connectivity index (χ4n) is 3.58. The minimum absolute atomic E-state index is 0.0949. The third-order valence-electron chi connectivity index (χ3n) is 5.16. The summed E-state index contributed by atoms with van der Waals surface area (Å²) in [5.74, 6) is -1.62. The molecule has 2 aromatic rings. The van der Waals surface area contributed by atoms with E-state index in [0.29, 0.717) is 24.5 Å². The van der Waals surface area contributed by atoms with Crippen molar-refractivity contribution in [3.63, 3.8) is 0 Å². The first kappa shape index (κ1) is 23.4. The Balaban J connectivity index is 1.33. The fourth-order valence-corrected chi connectivity index (χ4v) is 3.58. The van der Waals surface area contributed by atoms with Crippen molar-refractivity contribution in [3.05, 3.63) is 60.2 Å². The van der Waals surface area contributed by atoms with Crippen molar-refractivity contribution in [2.75, 3.05) is 43.4 Å². The highest BCUT2D eigenvalue weighted by Gasteiger charge is 2.21. The van der Waals surface area contributed by atoms with Gasteiger partial charge in [-0.2, -0.15) is 0 Å². The van der Waals surface area contributed by atoms with Crippen LogP contribution in [0.5, 0.6) is 0 Å². The van der Waals surface area contributed by atoms with Crippen molar-refractivity contribution in [1.29, 1.82) is 0 Å². The summed E-state index contributed by atoms with van der Waals surface area (Å²) in [6.07, 6.45) is 1.80. The highest BCUT2D eigenvalue weighted by atomic mass is 16.5. The molecular formula is C24H30N4O4. The van der Waals surface area contributed by atoms with Crippen LogP contribution < -0.4 is 16.0 Å². The van der Waals surface area contributed by atoms with Crippen LogP contribution in [0, 0.1) is 0 Å². The molecule has 0 aliphatic carbocycles. The molecule has 1 fully saturated rings. The van der Waals surface area contributed by atoms with Gasteiger partial charge in [0.1, 0.15) is 0 Å². The summed E-state index contributed by atoms with van der Waals surface area (Å²) < 4.78 is 5.89. The Kier molecular flexibility index (Phi) is 8.77. The van der Waals surface area contributed by atoms with Crippen LogP contribution in [-0.2, 0) is 19.1 Å². The number of nitrogens with one attached hydrogen (secondary N) is 3. The molecule has 3 rings (SSSR count). The smallest absolute Gasteiger partial charge is 0.313 e. The zero-order valence-electron chi connectivity index (χ0n) is 18.3. The van der Waals surface area contributed by atoms with Gasteiger partial charge in [0, 0.05) is 37.9 Å². The fraction of sp³-hybridized carbons (Fsp3) is 0.375. The lowest BCUT2D eigenvalue weighted by atomic mass is 10.1. The van der Waals surface area contributed by atoms with E-state index in [-0.39, 0.29) is 12.0 Å². The van der Waals surface area contributed by atoms with E-state index in [0.717, 1.165) is 32.5 Å². The quantitative estimate of drug-likeness (QED) is 0.435. The Morgan fingerprint density at radius 1 is 0.969 bits per heavy atom. The van der Waals surface area contributed by atoms with Crippen LogP contribution in [0.1, 0.15) is 31.4 Å². The van der Waals surface area contributed by atoms with Crippen molar-refractivity contribution in [2.24, 2.45) is 0 Å². The number of ether oxygens (including phenoxy) is 1. The maximum atomic E-state index is 12.1. The number of hydrogen-bond acceptors (Lipinski definition) is 5. The van der Waals surface area contributed by atoms with Gasteiger partial charge in [-0.3, -0.25) is 19.3 Å². The Bertz CT molecular complexity index is 919. The molecule has 8 nitrogen and oxygen atoms in total. The average molecular weight is 439 g/mol. The zero-order chi connectivity index (χ0) is 22.8. The number of benzene rings is 2. The van der Waals surface area contributed by atoms with E-state index in [9.17, 15) is 14.4 Å². The summed E-state index contributed by atoms with van der Waals surface area (Å²) >= 11 is 0. The molecule has 0 aromatic heterocycles. The van der Waals surface area contributed by atoms with E-state index in [1.54, 1.807) is 24.3 Å². The predicted molar refractivity (Wildman–Crippen MR) is 123 cm³/mol. The molecule has 1 unspecified atom stereocenters. The molecule has 1 aliphatic rings. The molecule has 1 heterocycles. The lowest BCUT2D eigenvalue weighted by Gasteiger charge is -2.33. The lowest BCUT2D eigenvalue weighted by Crippen LogP contribution is -2.39. The first-order chi connectivity index (χ1) is 15.5. The number of carbonyl (C=O) groups is 3. The van der Waals surface area contributed by atoms with E-state index >= 15 is 0 Å². The molecular weight excluding hydrogens is 408 g/mol. The molecule has 0 radical (unpaired) electrons. The molecule has 3 N–H and O–H groups in total. The van der Waals surface area contributed by atoms with Crippen molar-refractivity contribution in [1.82, 2.24) is 10.2 Å². The average Bonchev–Trinajstić information content (AvgIpc) is 2.79. The first-order valence-electron chi connectivity index (χ1n) is 10.9. The SMILES string of the molecule is CC(=O)Nc1cccc(NC(=O)C(=O)NCCCCN2CCOC(c3ccccc3)C2)c1. The van der Waals surface area contributed by atoms with E-state index in [2.05, 4.69) is 33.0 Å². The van der Waals surface area contributed by atoms with Crippen LogP contribution in [0.25, 0.3) is 0 Å². The molecule has 8 heteroatoms. The molecule has 170 valence electrons. The number of unbranched alkanes of at least 4 members (excludes halogenated alkanes) is 1. The van der Waals surface area contributed by atoms with Crippen LogP contribution in [0.15, 0.2) is 54.6 Å². The van der Waals surface area contributed by atoms with Crippen molar-refractivity contribution in [3.8, 4) is 0 Å². The van der Waals surface area contributed by atoms with Gasteiger partial charge in [0.15, 0.2) is 0 Å². The minimum Gasteiger partial charge on any atom is -0.371 e. The minimum atomic E-state index is -0.733. The Hall–Kier alpha value is -3.23. The summed E-state index contributed by atoms with van der Waals surface area (Å²) in [7, 11) is 0. The molecule has 32 heavy (non-hydrogen) atoms. The predicted octanol–water partition coefficient (Wildman–Crippen LogP) is 2.55. The largest absolute Gasteiger partial charge is 0.371 e. The standard InChI is InChI=1S/C24H30N4O4/c1-18(29)26-20-10-7-11-21(16-20)27-24(31)23(30)25-12-5-6-13-28-14-15-32-22(17-28)19-8-3-2-4-9-19/h2-4,7-11,16,22H,5-6,12-15,17H2,1H3,(H,25,30)(H,26,29)(H,27,31). The van der Waals surface area contributed by atoms with Gasteiger partial charge in [-0.05, 0) is 43.1 Å². The molecule has 1 aliphatic heterocycles. The van der Waals surface area contributed by atoms with Crippen molar-refractivity contribution in [2.45, 2.75) is 25.9 Å². The summed E-state index contributed by atoms with van der Waals surface area (Å²) in [5.41, 5.74) is 2.18. The highest BCUT2D eigenvalue weighted by Crippen LogP contribution is 2.22. The normalized spacial score (nSPS) is 16.2. The van der Waals surface area contributed by atoms with Crippen LogP contribution in [0.4, 0.5) is 11.4 Å². The van der Waals surface area contributed by atoms with Crippen LogP contribution in [-0.4, -0.2) is 55.4 Å². The van der Waals surface area contributed by atoms with Crippen molar-refractivity contribution < 1.29 is 19.1 Å². The molecule has 1 saturated heterocycles. The van der Waals surface area contributed by atoms with E-state index in [1.165, 1.54) is 12.5 Å². The second-order valence-electron chi connectivity index (χ2n) is 7.75. The second kappa shape index (κ2) is 12.0. The van der Waals surface area contributed by atoms with Crippen LogP contribution >= 0.6 is 0 Å². The Labute approximate surface area is 188 Å². The number of morpholine rings is 1. The molecule has 0 saturated carbocycles. The molecule has 0 spiro atoms. The summed E-state index contributed by atoms with van der Waals surface area (Å²) in [6.45, 7) is 5.22. The third kappa shape index (κ3) is 7.47. The molecule has 3 amide bonds. The highest BCUT2D eigenvalue weighted by molar-refractivity contribution is 6.39. The maximum Gasteiger partial charge on any atom is 0.313 e. The monoisotopic (exact) mass is 438 g/mol. The van der Waals surface area contributed by atoms with Crippen molar-refractivity contribution >= 4 is 29.1 Å². The second-order valence-corrected chi connectivity index (χ2v) is 7.75.